The van der Waals surface area contributed by atoms with E-state index >= 15 is 0 Å². The fraction of sp³-hybridized carbons (Fsp3) is 1.00. The molecule has 0 heterocycles. The first kappa shape index (κ1) is 17.4. The topological polar surface area (TPSA) is 68.3 Å². The van der Waals surface area contributed by atoms with Crippen LogP contribution >= 0.6 is 11.1 Å². The minimum atomic E-state index is -2.92. The summed E-state index contributed by atoms with van der Waals surface area (Å²) < 4.78 is 43.8. The van der Waals surface area contributed by atoms with E-state index in [9.17, 15) is 16.8 Å². The summed E-state index contributed by atoms with van der Waals surface area (Å²) in [6.45, 7) is 1.96. The smallest absolute Gasteiger partial charge is 0.153 e. The van der Waals surface area contributed by atoms with Crippen LogP contribution in [0.5, 0.6) is 0 Å². The predicted molar refractivity (Wildman–Crippen MR) is 75.7 cm³/mol. The van der Waals surface area contributed by atoms with Gasteiger partial charge in [0.2, 0.25) is 0 Å². The van der Waals surface area contributed by atoms with Gasteiger partial charge in [-0.15, -0.1) is 0 Å². The van der Waals surface area contributed by atoms with E-state index in [0.29, 0.717) is 24.9 Å². The molecule has 0 saturated carbocycles. The molecule has 0 fully saturated rings. The maximum Gasteiger partial charge on any atom is 0.153 e. The Bertz CT molecular complexity index is 388. The van der Waals surface area contributed by atoms with Gasteiger partial charge in [-0.2, -0.15) is 11.1 Å². The second-order valence-corrected chi connectivity index (χ2v) is 16.0. The highest BCUT2D eigenvalue weighted by Gasteiger charge is 2.24. The van der Waals surface area contributed by atoms with Crippen molar-refractivity contribution in [3.05, 3.63) is 0 Å². The van der Waals surface area contributed by atoms with Crippen molar-refractivity contribution in [1.29, 1.82) is 0 Å². The van der Waals surface area contributed by atoms with Crippen LogP contribution < -0.4 is 0 Å². The molecule has 0 radical (unpaired) electrons. The molecule has 0 aromatic carbocycles. The maximum atomic E-state index is 11.0. The molecule has 0 spiro atoms. The first-order chi connectivity index (χ1) is 7.41. The fourth-order valence-electron chi connectivity index (χ4n) is 1.53. The van der Waals surface area contributed by atoms with Crippen molar-refractivity contribution in [2.24, 2.45) is 0 Å². The molecule has 0 aliphatic heterocycles. The summed E-state index contributed by atoms with van der Waals surface area (Å²) in [4.78, 5) is 0. The Hall–Kier alpha value is 0.407. The Morgan fingerprint density at radius 1 is 0.882 bits per heavy atom. The van der Waals surface area contributed by atoms with Crippen molar-refractivity contribution in [3.63, 3.8) is 0 Å². The van der Waals surface area contributed by atoms with Gasteiger partial charge in [-0.05, 0) is 24.9 Å². The van der Waals surface area contributed by atoms with Gasteiger partial charge < -0.3 is 0 Å². The largest absolute Gasteiger partial charge is 0.229 e. The molecule has 0 aliphatic carbocycles. The van der Waals surface area contributed by atoms with Gasteiger partial charge in [0.05, 0.1) is 0 Å². The van der Waals surface area contributed by atoms with Crippen molar-refractivity contribution >= 4 is 38.1 Å². The average molecular weight is 321 g/mol. The SMILES string of the molecule is C[Si](Cl)(CCCS(C)(=O)=O)CCCS(C)(=O)=O. The van der Waals surface area contributed by atoms with Gasteiger partial charge >= 0.3 is 0 Å². The van der Waals surface area contributed by atoms with E-state index in [-0.39, 0.29) is 11.5 Å². The molecule has 104 valence electrons. The summed E-state index contributed by atoms with van der Waals surface area (Å²) in [5.74, 6) is 0.322. The maximum absolute atomic E-state index is 11.0. The van der Waals surface area contributed by atoms with Crippen LogP contribution in [0.1, 0.15) is 12.8 Å². The lowest BCUT2D eigenvalue weighted by Crippen LogP contribution is -2.24. The molecule has 4 nitrogen and oxygen atoms in total. The number of hydrogen-bond acceptors (Lipinski definition) is 4. The molecule has 0 amide bonds. The molecular weight excluding hydrogens is 300 g/mol. The third-order valence-corrected chi connectivity index (χ3v) is 8.41. The van der Waals surface area contributed by atoms with Crippen molar-refractivity contribution < 1.29 is 16.8 Å². The van der Waals surface area contributed by atoms with Crippen molar-refractivity contribution in [1.82, 2.24) is 0 Å². The van der Waals surface area contributed by atoms with Crippen LogP contribution in [0.2, 0.25) is 18.6 Å². The molecule has 0 aliphatic rings. The fourth-order valence-corrected chi connectivity index (χ4v) is 6.26. The third-order valence-electron chi connectivity index (χ3n) is 2.43. The Balaban J connectivity index is 3.96. The summed E-state index contributed by atoms with van der Waals surface area (Å²) >= 11 is 6.34. The van der Waals surface area contributed by atoms with Gasteiger partial charge in [0.1, 0.15) is 19.7 Å². The highest BCUT2D eigenvalue weighted by molar-refractivity contribution is 7.90. The van der Waals surface area contributed by atoms with Crippen LogP contribution in [-0.2, 0) is 19.7 Å². The van der Waals surface area contributed by atoms with Gasteiger partial charge in [0, 0.05) is 24.0 Å². The highest BCUT2D eigenvalue weighted by atomic mass is 35.6. The molecular formula is C9H21ClO4S2Si. The van der Waals surface area contributed by atoms with Crippen LogP contribution in [0.15, 0.2) is 0 Å². The Labute approximate surface area is 110 Å². The Kier molecular flexibility index (Phi) is 6.69. The lowest BCUT2D eigenvalue weighted by Gasteiger charge is -2.18. The molecule has 0 bridgehead atoms. The highest BCUT2D eigenvalue weighted by Crippen LogP contribution is 2.24. The number of sulfone groups is 2. The van der Waals surface area contributed by atoms with Gasteiger partial charge in [-0.1, -0.05) is 6.55 Å². The molecule has 17 heavy (non-hydrogen) atoms. The molecule has 0 unspecified atom stereocenters. The quantitative estimate of drug-likeness (QED) is 0.504. The van der Waals surface area contributed by atoms with Gasteiger partial charge in [-0.25, -0.2) is 16.8 Å². The number of hydrogen-bond donors (Lipinski definition) is 0. The Morgan fingerprint density at radius 3 is 1.41 bits per heavy atom. The summed E-state index contributed by atoms with van der Waals surface area (Å²) in [5.41, 5.74) is 0. The molecule has 0 aromatic rings. The van der Waals surface area contributed by atoms with E-state index < -0.39 is 27.1 Å². The molecule has 0 atom stereocenters. The monoisotopic (exact) mass is 320 g/mol. The van der Waals surface area contributed by atoms with E-state index in [2.05, 4.69) is 0 Å². The molecule has 0 saturated heterocycles. The van der Waals surface area contributed by atoms with Crippen LogP contribution in [0.4, 0.5) is 0 Å². The number of halogens is 1. The zero-order valence-corrected chi connectivity index (χ0v) is 14.0. The number of rotatable bonds is 8. The van der Waals surface area contributed by atoms with E-state index in [4.69, 9.17) is 11.1 Å². The van der Waals surface area contributed by atoms with E-state index in [0.717, 1.165) is 0 Å². The Morgan fingerprint density at radius 2 is 1.18 bits per heavy atom. The van der Waals surface area contributed by atoms with Crippen molar-refractivity contribution in [2.75, 3.05) is 24.0 Å². The third kappa shape index (κ3) is 12.7. The first-order valence-corrected chi connectivity index (χ1v) is 13.5. The van der Waals surface area contributed by atoms with Crippen molar-refractivity contribution in [3.8, 4) is 0 Å². The van der Waals surface area contributed by atoms with E-state index in [1.54, 1.807) is 0 Å². The van der Waals surface area contributed by atoms with Crippen LogP contribution in [0.25, 0.3) is 0 Å². The van der Waals surface area contributed by atoms with Crippen LogP contribution in [0, 0.1) is 0 Å². The van der Waals surface area contributed by atoms with Crippen LogP contribution in [0.3, 0.4) is 0 Å². The average Bonchev–Trinajstić information content (AvgIpc) is 1.96. The molecule has 0 N–H and O–H groups in total. The van der Waals surface area contributed by atoms with E-state index in [1.165, 1.54) is 12.5 Å². The predicted octanol–water partition coefficient (Wildman–Crippen LogP) is 1.67. The minimum absolute atomic E-state index is 0.161. The molecule has 0 rings (SSSR count). The summed E-state index contributed by atoms with van der Waals surface area (Å²) in [6, 6.07) is 1.43. The summed E-state index contributed by atoms with van der Waals surface area (Å²) in [7, 11) is -7.80. The standard InChI is InChI=1S/C9H21ClO4S2Si/c1-15(11,12)6-4-8-17(3,10)9-5-7-16(2,13)14/h4-9H2,1-3H3. The zero-order chi connectivity index (χ0) is 13.7. The second kappa shape index (κ2) is 6.54. The first-order valence-electron chi connectivity index (χ1n) is 5.46. The zero-order valence-electron chi connectivity index (χ0n) is 10.6. The van der Waals surface area contributed by atoms with Crippen molar-refractivity contribution in [2.45, 2.75) is 31.5 Å². The van der Waals surface area contributed by atoms with E-state index in [1.807, 2.05) is 6.55 Å². The van der Waals surface area contributed by atoms with Gasteiger partial charge in [-0.3, -0.25) is 0 Å². The minimum Gasteiger partial charge on any atom is -0.229 e. The van der Waals surface area contributed by atoms with Gasteiger partial charge in [0.15, 0.2) is 7.38 Å². The normalized spacial score (nSPS) is 13.9. The summed E-state index contributed by atoms with van der Waals surface area (Å²) in [5, 5.41) is 0. The molecule has 8 heteroatoms. The lowest BCUT2D eigenvalue weighted by molar-refractivity contribution is 0.599. The second-order valence-electron chi connectivity index (χ2n) is 4.88. The molecule has 0 aromatic heterocycles. The van der Waals surface area contributed by atoms with Crippen LogP contribution in [-0.4, -0.2) is 48.2 Å². The summed E-state index contributed by atoms with van der Waals surface area (Å²) in [6.07, 6.45) is 3.57. The lowest BCUT2D eigenvalue weighted by atomic mass is 10.6. The van der Waals surface area contributed by atoms with Gasteiger partial charge in [0.25, 0.3) is 0 Å².